The molecule has 0 saturated heterocycles. The van der Waals surface area contributed by atoms with Gasteiger partial charge in [-0.05, 0) is 6.07 Å². The van der Waals surface area contributed by atoms with E-state index in [2.05, 4.69) is 10.3 Å². The zero-order valence-corrected chi connectivity index (χ0v) is 10.2. The Balaban J connectivity index is 2.48. The van der Waals surface area contributed by atoms with Crippen molar-refractivity contribution >= 4 is 10.9 Å². The van der Waals surface area contributed by atoms with E-state index in [1.165, 1.54) is 6.20 Å². The summed E-state index contributed by atoms with van der Waals surface area (Å²) in [5, 5.41) is 3.17. The first-order chi connectivity index (χ1) is 8.39. The van der Waals surface area contributed by atoms with E-state index >= 15 is 0 Å². The van der Waals surface area contributed by atoms with Crippen LogP contribution in [0, 0.1) is 0 Å². The Morgan fingerprint density at radius 3 is 2.44 bits per heavy atom. The van der Waals surface area contributed by atoms with Gasteiger partial charge < -0.3 is 10.3 Å². The van der Waals surface area contributed by atoms with Crippen LogP contribution in [-0.4, -0.2) is 17.2 Å². The van der Waals surface area contributed by atoms with Crippen molar-refractivity contribution in [1.29, 1.82) is 0 Å². The Morgan fingerprint density at radius 1 is 1.17 bits per heavy atom. The molecule has 2 aromatic rings. The van der Waals surface area contributed by atoms with Crippen LogP contribution in [0.25, 0.3) is 10.9 Å². The third-order valence-corrected chi connectivity index (χ3v) is 2.76. The normalized spacial score (nSPS) is 14.3. The van der Waals surface area contributed by atoms with E-state index in [-0.39, 0.29) is 11.6 Å². The maximum absolute atomic E-state index is 13.1. The van der Waals surface area contributed by atoms with Gasteiger partial charge in [0.1, 0.15) is 6.04 Å². The fourth-order valence-electron chi connectivity index (χ4n) is 2.03. The van der Waals surface area contributed by atoms with Crippen LogP contribution in [-0.2, 0) is 0 Å². The molecule has 1 heterocycles. The van der Waals surface area contributed by atoms with Crippen LogP contribution in [0.4, 0.5) is 13.2 Å². The van der Waals surface area contributed by atoms with Crippen LogP contribution in [0.1, 0.15) is 25.5 Å². The van der Waals surface area contributed by atoms with Gasteiger partial charge in [0.15, 0.2) is 0 Å². The second-order valence-corrected chi connectivity index (χ2v) is 4.59. The standard InChI is InChI=1S/C13H15F3N2/c1-8(2)18-12(13(14,15)16)10-7-17-11-6-4-3-5-9(10)11/h3-8,12,17-18H,1-2H3. The van der Waals surface area contributed by atoms with E-state index < -0.39 is 12.2 Å². The number of rotatable bonds is 3. The molecule has 1 aromatic heterocycles. The molecule has 18 heavy (non-hydrogen) atoms. The molecule has 0 aliphatic rings. The first-order valence-electron chi connectivity index (χ1n) is 5.78. The number of hydrogen-bond acceptors (Lipinski definition) is 1. The number of halogens is 3. The molecule has 0 saturated carbocycles. The Morgan fingerprint density at radius 2 is 1.83 bits per heavy atom. The minimum Gasteiger partial charge on any atom is -0.361 e. The highest BCUT2D eigenvalue weighted by molar-refractivity contribution is 5.83. The van der Waals surface area contributed by atoms with Gasteiger partial charge in [0, 0.05) is 28.7 Å². The minimum atomic E-state index is -4.31. The summed E-state index contributed by atoms with van der Waals surface area (Å²) in [6.07, 6.45) is -2.88. The summed E-state index contributed by atoms with van der Waals surface area (Å²) in [4.78, 5) is 2.87. The Kier molecular flexibility index (Phi) is 3.34. The highest BCUT2D eigenvalue weighted by Crippen LogP contribution is 2.36. The average Bonchev–Trinajstić information content (AvgIpc) is 2.67. The Bertz CT molecular complexity index is 528. The number of alkyl halides is 3. The van der Waals surface area contributed by atoms with Crippen molar-refractivity contribution in [3.05, 3.63) is 36.0 Å². The first-order valence-corrected chi connectivity index (χ1v) is 5.78. The number of benzene rings is 1. The van der Waals surface area contributed by atoms with Crippen LogP contribution >= 0.6 is 0 Å². The molecule has 0 aliphatic heterocycles. The van der Waals surface area contributed by atoms with E-state index in [0.717, 1.165) is 0 Å². The van der Waals surface area contributed by atoms with Crippen molar-refractivity contribution in [2.45, 2.75) is 32.1 Å². The lowest BCUT2D eigenvalue weighted by Crippen LogP contribution is -2.38. The first kappa shape index (κ1) is 13.0. The Labute approximate surface area is 103 Å². The van der Waals surface area contributed by atoms with Gasteiger partial charge in [-0.3, -0.25) is 0 Å². The minimum absolute atomic E-state index is 0.242. The second-order valence-electron chi connectivity index (χ2n) is 4.59. The molecule has 0 spiro atoms. The number of para-hydroxylation sites is 1. The summed E-state index contributed by atoms with van der Waals surface area (Å²) in [5.74, 6) is 0. The predicted molar refractivity (Wildman–Crippen MR) is 65.4 cm³/mol. The Hall–Kier alpha value is -1.49. The largest absolute Gasteiger partial charge is 0.407 e. The molecule has 0 aliphatic carbocycles. The smallest absolute Gasteiger partial charge is 0.361 e. The summed E-state index contributed by atoms with van der Waals surface area (Å²) in [5.41, 5.74) is 0.958. The van der Waals surface area contributed by atoms with Crippen LogP contribution in [0.15, 0.2) is 30.5 Å². The predicted octanol–water partition coefficient (Wildman–Crippen LogP) is 3.77. The molecule has 2 rings (SSSR count). The highest BCUT2D eigenvalue weighted by Gasteiger charge is 2.42. The van der Waals surface area contributed by atoms with E-state index in [0.29, 0.717) is 10.9 Å². The fourth-order valence-corrected chi connectivity index (χ4v) is 2.03. The number of fused-ring (bicyclic) bond motifs is 1. The van der Waals surface area contributed by atoms with Crippen molar-refractivity contribution in [2.75, 3.05) is 0 Å². The van der Waals surface area contributed by atoms with E-state index in [4.69, 9.17) is 0 Å². The number of hydrogen-bond donors (Lipinski definition) is 2. The number of nitrogens with one attached hydrogen (secondary N) is 2. The molecule has 0 amide bonds. The summed E-state index contributed by atoms with van der Waals surface area (Å²) >= 11 is 0. The lowest BCUT2D eigenvalue weighted by Gasteiger charge is -2.23. The van der Waals surface area contributed by atoms with E-state index in [1.807, 2.05) is 0 Å². The number of aromatic nitrogens is 1. The molecule has 2 N–H and O–H groups in total. The van der Waals surface area contributed by atoms with Crippen LogP contribution in [0.3, 0.4) is 0 Å². The third kappa shape index (κ3) is 2.51. The molecule has 1 aromatic carbocycles. The quantitative estimate of drug-likeness (QED) is 0.859. The van der Waals surface area contributed by atoms with Crippen molar-refractivity contribution in [1.82, 2.24) is 10.3 Å². The highest BCUT2D eigenvalue weighted by atomic mass is 19.4. The monoisotopic (exact) mass is 256 g/mol. The number of aromatic amines is 1. The third-order valence-electron chi connectivity index (χ3n) is 2.76. The molecule has 2 nitrogen and oxygen atoms in total. The average molecular weight is 256 g/mol. The van der Waals surface area contributed by atoms with E-state index in [1.54, 1.807) is 38.1 Å². The summed E-state index contributed by atoms with van der Waals surface area (Å²) in [6.45, 7) is 3.40. The molecule has 0 fully saturated rings. The lowest BCUT2D eigenvalue weighted by atomic mass is 10.0. The van der Waals surface area contributed by atoms with Gasteiger partial charge in [0.05, 0.1) is 0 Å². The van der Waals surface area contributed by atoms with Crippen LogP contribution in [0.2, 0.25) is 0 Å². The van der Waals surface area contributed by atoms with Crippen molar-refractivity contribution in [2.24, 2.45) is 0 Å². The van der Waals surface area contributed by atoms with Crippen LogP contribution in [0.5, 0.6) is 0 Å². The van der Waals surface area contributed by atoms with Gasteiger partial charge in [-0.15, -0.1) is 0 Å². The molecule has 5 heteroatoms. The van der Waals surface area contributed by atoms with E-state index in [9.17, 15) is 13.2 Å². The topological polar surface area (TPSA) is 27.8 Å². The maximum Gasteiger partial charge on any atom is 0.407 e. The number of H-pyrrole nitrogens is 1. The molecular weight excluding hydrogens is 241 g/mol. The zero-order chi connectivity index (χ0) is 13.3. The van der Waals surface area contributed by atoms with Crippen LogP contribution < -0.4 is 5.32 Å². The second kappa shape index (κ2) is 4.65. The van der Waals surface area contributed by atoms with Gasteiger partial charge in [-0.2, -0.15) is 13.2 Å². The SMILES string of the molecule is CC(C)NC(c1c[nH]c2ccccc12)C(F)(F)F. The van der Waals surface area contributed by atoms with Gasteiger partial charge >= 0.3 is 6.18 Å². The summed E-state index contributed by atoms with van der Waals surface area (Å²) in [7, 11) is 0. The maximum atomic E-state index is 13.1. The molecule has 0 bridgehead atoms. The van der Waals surface area contributed by atoms with Crippen molar-refractivity contribution in [3.8, 4) is 0 Å². The van der Waals surface area contributed by atoms with Gasteiger partial charge in [-0.25, -0.2) is 0 Å². The molecule has 1 atom stereocenters. The fraction of sp³-hybridized carbons (Fsp3) is 0.385. The summed E-state index contributed by atoms with van der Waals surface area (Å²) < 4.78 is 39.3. The summed E-state index contributed by atoms with van der Waals surface area (Å²) in [6, 6.07) is 5.10. The molecule has 0 radical (unpaired) electrons. The van der Waals surface area contributed by atoms with Crippen molar-refractivity contribution in [3.63, 3.8) is 0 Å². The lowest BCUT2D eigenvalue weighted by molar-refractivity contribution is -0.158. The van der Waals surface area contributed by atoms with Gasteiger partial charge in [0.2, 0.25) is 0 Å². The molecular formula is C13H15F3N2. The molecule has 98 valence electrons. The van der Waals surface area contributed by atoms with Crippen molar-refractivity contribution < 1.29 is 13.2 Å². The van der Waals surface area contributed by atoms with Gasteiger partial charge in [-0.1, -0.05) is 32.0 Å². The van der Waals surface area contributed by atoms with Gasteiger partial charge in [0.25, 0.3) is 0 Å². The zero-order valence-electron chi connectivity index (χ0n) is 10.2. The molecule has 1 unspecified atom stereocenters.